The highest BCUT2D eigenvalue weighted by molar-refractivity contribution is 5.46. The fourth-order valence-electron chi connectivity index (χ4n) is 4.40. The molecular weight excluding hydrogens is 375 g/mol. The van der Waals surface area contributed by atoms with Crippen LogP contribution in [0.5, 0.6) is 0 Å². The molecule has 0 spiro atoms. The zero-order valence-corrected chi connectivity index (χ0v) is 16.3. The van der Waals surface area contributed by atoms with Crippen molar-refractivity contribution < 1.29 is 13.2 Å². The Labute approximate surface area is 169 Å². The molecule has 2 N–H and O–H groups in total. The second-order valence-electron chi connectivity index (χ2n) is 7.96. The van der Waals surface area contributed by atoms with E-state index in [1.807, 2.05) is 6.07 Å². The van der Waals surface area contributed by atoms with Gasteiger partial charge >= 0.3 is 0 Å². The molecule has 0 saturated carbocycles. The number of piperazine rings is 1. The predicted molar refractivity (Wildman–Crippen MR) is 109 cm³/mol. The number of halogens is 3. The summed E-state index contributed by atoms with van der Waals surface area (Å²) in [4.78, 5) is 4.80. The molecule has 0 amide bonds. The van der Waals surface area contributed by atoms with Crippen molar-refractivity contribution in [1.29, 1.82) is 0 Å². The first-order valence-electron chi connectivity index (χ1n) is 10.1. The van der Waals surface area contributed by atoms with Gasteiger partial charge in [-0.15, -0.1) is 0 Å². The highest BCUT2D eigenvalue weighted by atomic mass is 19.2. The Morgan fingerprint density at radius 1 is 0.897 bits per heavy atom. The molecule has 2 atom stereocenters. The van der Waals surface area contributed by atoms with Crippen molar-refractivity contribution in [3.63, 3.8) is 0 Å². The van der Waals surface area contributed by atoms with Gasteiger partial charge in [0.05, 0.1) is 0 Å². The van der Waals surface area contributed by atoms with E-state index in [1.54, 1.807) is 0 Å². The number of rotatable bonds is 4. The number of nitrogens with zero attached hydrogens (tertiary/aromatic N) is 2. The Hall–Kier alpha value is -2.31. The van der Waals surface area contributed by atoms with Crippen LogP contribution in [0, 0.1) is 17.5 Å². The Kier molecular flexibility index (Phi) is 5.92. The molecule has 1 saturated heterocycles. The van der Waals surface area contributed by atoms with Crippen LogP contribution < -0.4 is 10.6 Å². The molecule has 154 valence electrons. The molecule has 1 heterocycles. The van der Waals surface area contributed by atoms with E-state index in [1.165, 1.54) is 11.3 Å². The summed E-state index contributed by atoms with van der Waals surface area (Å²) in [5.41, 5.74) is 8.97. The molecule has 0 aromatic heterocycles. The van der Waals surface area contributed by atoms with Gasteiger partial charge in [0, 0.05) is 56.4 Å². The van der Waals surface area contributed by atoms with Crippen molar-refractivity contribution in [2.75, 3.05) is 37.6 Å². The molecule has 2 aromatic rings. The number of para-hydroxylation sites is 1. The van der Waals surface area contributed by atoms with Crippen LogP contribution in [0.3, 0.4) is 0 Å². The number of hydrogen-bond acceptors (Lipinski definition) is 3. The molecule has 0 radical (unpaired) electrons. The topological polar surface area (TPSA) is 32.5 Å². The quantitative estimate of drug-likeness (QED) is 0.620. The van der Waals surface area contributed by atoms with Crippen LogP contribution in [0.4, 0.5) is 18.9 Å². The summed E-state index contributed by atoms with van der Waals surface area (Å²) in [7, 11) is 0. The highest BCUT2D eigenvalue weighted by Gasteiger charge is 2.28. The summed E-state index contributed by atoms with van der Waals surface area (Å²) in [6.07, 6.45) is 3.28. The highest BCUT2D eigenvalue weighted by Crippen LogP contribution is 2.34. The van der Waals surface area contributed by atoms with Crippen LogP contribution >= 0.6 is 0 Å². The maximum Gasteiger partial charge on any atom is 0.161 e. The summed E-state index contributed by atoms with van der Waals surface area (Å²) >= 11 is 0. The van der Waals surface area contributed by atoms with Gasteiger partial charge in [0.25, 0.3) is 0 Å². The molecule has 2 aromatic carbocycles. The minimum atomic E-state index is -1.17. The van der Waals surface area contributed by atoms with E-state index >= 15 is 0 Å². The third kappa shape index (κ3) is 4.49. The van der Waals surface area contributed by atoms with Crippen LogP contribution in [0.1, 0.15) is 24.3 Å². The molecular formula is C23H26F3N3. The van der Waals surface area contributed by atoms with Crippen LogP contribution in [0.25, 0.3) is 0 Å². The summed E-state index contributed by atoms with van der Waals surface area (Å²) in [6, 6.07) is 11.7. The van der Waals surface area contributed by atoms with E-state index in [-0.39, 0.29) is 17.5 Å². The smallest absolute Gasteiger partial charge is 0.161 e. The average Bonchev–Trinajstić information content (AvgIpc) is 2.72. The fraction of sp³-hybridized carbons (Fsp3) is 0.391. The van der Waals surface area contributed by atoms with Gasteiger partial charge in [0.15, 0.2) is 11.6 Å². The summed E-state index contributed by atoms with van der Waals surface area (Å²) in [5, 5.41) is 0. The lowest BCUT2D eigenvalue weighted by Crippen LogP contribution is -2.47. The fourth-order valence-corrected chi connectivity index (χ4v) is 4.40. The summed E-state index contributed by atoms with van der Waals surface area (Å²) in [6.45, 7) is 4.76. The van der Waals surface area contributed by atoms with Gasteiger partial charge in [0.1, 0.15) is 5.82 Å². The maximum absolute atomic E-state index is 14.1. The van der Waals surface area contributed by atoms with E-state index in [0.717, 1.165) is 38.8 Å². The second-order valence-corrected chi connectivity index (χ2v) is 7.96. The Morgan fingerprint density at radius 3 is 2.28 bits per heavy atom. The monoisotopic (exact) mass is 401 g/mol. The second kappa shape index (κ2) is 8.59. The molecule has 0 unspecified atom stereocenters. The number of benzene rings is 2. The molecule has 1 aliphatic heterocycles. The lowest BCUT2D eigenvalue weighted by molar-refractivity contribution is 0.271. The number of allylic oxidation sites excluding steroid dienone is 1. The van der Waals surface area contributed by atoms with E-state index in [2.05, 4.69) is 40.1 Å². The van der Waals surface area contributed by atoms with E-state index < -0.39 is 17.5 Å². The summed E-state index contributed by atoms with van der Waals surface area (Å²) in [5.74, 6) is -3.25. The standard InChI is InChI=1S/C23H26F3N3/c24-20-14-22(26)21(25)13-19(20)18-7-6-16(12-23(18)27)15-28-8-10-29(11-9-28)17-4-2-1-3-5-17/h1-6,13-14,18,23H,7-12,15,27H2/t18-,23+/m1/s1. The Morgan fingerprint density at radius 2 is 1.59 bits per heavy atom. The average molecular weight is 401 g/mol. The van der Waals surface area contributed by atoms with Crippen LogP contribution in [0.15, 0.2) is 54.1 Å². The molecule has 2 aliphatic rings. The van der Waals surface area contributed by atoms with Crippen molar-refractivity contribution >= 4 is 5.69 Å². The van der Waals surface area contributed by atoms with Gasteiger partial charge < -0.3 is 10.6 Å². The minimum Gasteiger partial charge on any atom is -0.369 e. The predicted octanol–water partition coefficient (Wildman–Crippen LogP) is 4.06. The van der Waals surface area contributed by atoms with Gasteiger partial charge in [-0.1, -0.05) is 29.8 Å². The molecule has 1 fully saturated rings. The van der Waals surface area contributed by atoms with E-state index in [0.29, 0.717) is 18.9 Å². The Balaban J connectivity index is 1.35. The van der Waals surface area contributed by atoms with Crippen molar-refractivity contribution in [3.8, 4) is 0 Å². The lowest BCUT2D eigenvalue weighted by Gasteiger charge is -2.38. The normalized spacial score (nSPS) is 23.2. The van der Waals surface area contributed by atoms with Gasteiger partial charge in [-0.25, -0.2) is 13.2 Å². The molecule has 6 heteroatoms. The van der Waals surface area contributed by atoms with Crippen LogP contribution in [-0.4, -0.2) is 43.7 Å². The number of hydrogen-bond donors (Lipinski definition) is 1. The van der Waals surface area contributed by atoms with Gasteiger partial charge in [-0.2, -0.15) is 0 Å². The third-order valence-corrected chi connectivity index (χ3v) is 6.03. The first kappa shape index (κ1) is 20.0. The van der Waals surface area contributed by atoms with Gasteiger partial charge in [-0.3, -0.25) is 4.90 Å². The van der Waals surface area contributed by atoms with E-state index in [9.17, 15) is 13.2 Å². The molecule has 1 aliphatic carbocycles. The first-order chi connectivity index (χ1) is 14.0. The minimum absolute atomic E-state index is 0.170. The molecule has 3 nitrogen and oxygen atoms in total. The van der Waals surface area contributed by atoms with Crippen LogP contribution in [-0.2, 0) is 0 Å². The van der Waals surface area contributed by atoms with Gasteiger partial charge in [-0.05, 0) is 36.6 Å². The SMILES string of the molecule is N[C@H]1CC(CN2CCN(c3ccccc3)CC2)=CC[C@@H]1c1cc(F)c(F)cc1F. The summed E-state index contributed by atoms with van der Waals surface area (Å²) < 4.78 is 40.9. The zero-order valence-electron chi connectivity index (χ0n) is 16.3. The van der Waals surface area contributed by atoms with Crippen molar-refractivity contribution in [3.05, 3.63) is 77.1 Å². The van der Waals surface area contributed by atoms with E-state index in [4.69, 9.17) is 5.73 Å². The molecule has 0 bridgehead atoms. The van der Waals surface area contributed by atoms with Crippen molar-refractivity contribution in [2.45, 2.75) is 24.8 Å². The number of anilines is 1. The largest absolute Gasteiger partial charge is 0.369 e. The molecule has 4 rings (SSSR count). The lowest BCUT2D eigenvalue weighted by atomic mass is 9.80. The zero-order chi connectivity index (χ0) is 20.4. The third-order valence-electron chi connectivity index (χ3n) is 6.03. The van der Waals surface area contributed by atoms with Gasteiger partial charge in [0.2, 0.25) is 0 Å². The number of nitrogens with two attached hydrogens (primary N) is 1. The first-order valence-corrected chi connectivity index (χ1v) is 10.1. The molecule has 29 heavy (non-hydrogen) atoms. The van der Waals surface area contributed by atoms with Crippen molar-refractivity contribution in [2.24, 2.45) is 5.73 Å². The maximum atomic E-state index is 14.1. The van der Waals surface area contributed by atoms with Crippen molar-refractivity contribution in [1.82, 2.24) is 4.90 Å². The Bertz CT molecular complexity index is 876. The van der Waals surface area contributed by atoms with Crippen LogP contribution in [0.2, 0.25) is 0 Å².